The third-order valence-corrected chi connectivity index (χ3v) is 2.62. The molecule has 7 heteroatoms. The van der Waals surface area contributed by atoms with Crippen molar-refractivity contribution in [2.45, 2.75) is 12.1 Å². The van der Waals surface area contributed by atoms with E-state index in [1.54, 1.807) is 19.3 Å². The molecule has 0 unspecified atom stereocenters. The molecule has 0 radical (unpaired) electrons. The van der Waals surface area contributed by atoms with Crippen molar-refractivity contribution in [2.24, 2.45) is 0 Å². The first kappa shape index (κ1) is 12.6. The summed E-state index contributed by atoms with van der Waals surface area (Å²) in [5.74, 6) is -0.208. The van der Waals surface area contributed by atoms with Crippen molar-refractivity contribution >= 4 is 17.7 Å². The van der Waals surface area contributed by atoms with Crippen molar-refractivity contribution in [1.29, 1.82) is 0 Å². The Morgan fingerprint density at radius 2 is 2.17 bits per heavy atom. The minimum absolute atomic E-state index is 0.140. The Labute approximate surface area is 108 Å². The molecule has 0 aliphatic heterocycles. The zero-order valence-corrected chi connectivity index (χ0v) is 10.7. The summed E-state index contributed by atoms with van der Waals surface area (Å²) < 4.78 is 10.0. The first-order chi connectivity index (χ1) is 8.74. The van der Waals surface area contributed by atoms with Gasteiger partial charge in [-0.1, -0.05) is 11.8 Å². The Bertz CT molecular complexity index is 539. The molecule has 94 valence electrons. The van der Waals surface area contributed by atoms with E-state index in [1.165, 1.54) is 18.0 Å². The van der Waals surface area contributed by atoms with Gasteiger partial charge in [-0.15, -0.1) is 0 Å². The van der Waals surface area contributed by atoms with Crippen LogP contribution >= 0.6 is 11.8 Å². The number of thioether (sulfide) groups is 1. The van der Waals surface area contributed by atoms with E-state index in [2.05, 4.69) is 15.0 Å². The summed E-state index contributed by atoms with van der Waals surface area (Å²) in [7, 11) is 0. The monoisotopic (exact) mass is 265 g/mol. The second-order valence-electron chi connectivity index (χ2n) is 3.22. The van der Waals surface area contributed by atoms with Crippen molar-refractivity contribution in [3.05, 3.63) is 24.4 Å². The van der Waals surface area contributed by atoms with Crippen LogP contribution in [0.1, 0.15) is 17.4 Å². The molecule has 0 aromatic carbocycles. The Morgan fingerprint density at radius 3 is 2.78 bits per heavy atom. The predicted molar refractivity (Wildman–Crippen MR) is 65.3 cm³/mol. The molecule has 2 aromatic rings. The Morgan fingerprint density at radius 1 is 1.44 bits per heavy atom. The lowest BCUT2D eigenvalue weighted by Crippen LogP contribution is -2.04. The SMILES string of the molecule is CCOC(=O)c1coc(-c2cnc(SC)nc2)n1. The highest BCUT2D eigenvalue weighted by atomic mass is 32.2. The van der Waals surface area contributed by atoms with Crippen LogP contribution in [0.15, 0.2) is 28.2 Å². The molecule has 0 aliphatic carbocycles. The van der Waals surface area contributed by atoms with Gasteiger partial charge in [-0.2, -0.15) is 0 Å². The zero-order valence-electron chi connectivity index (χ0n) is 9.91. The van der Waals surface area contributed by atoms with E-state index in [9.17, 15) is 4.79 Å². The number of carbonyl (C=O) groups excluding carboxylic acids is 1. The lowest BCUT2D eigenvalue weighted by Gasteiger charge is -1.96. The molecule has 0 atom stereocenters. The Balaban J connectivity index is 2.20. The number of nitrogens with zero attached hydrogens (tertiary/aromatic N) is 3. The molecule has 0 saturated heterocycles. The van der Waals surface area contributed by atoms with Gasteiger partial charge in [0, 0.05) is 12.4 Å². The highest BCUT2D eigenvalue weighted by molar-refractivity contribution is 7.98. The standard InChI is InChI=1S/C11H11N3O3S/c1-3-16-10(15)8-6-17-9(14-8)7-4-12-11(18-2)13-5-7/h4-6H,3H2,1-2H3. The lowest BCUT2D eigenvalue weighted by atomic mass is 10.3. The highest BCUT2D eigenvalue weighted by Crippen LogP contribution is 2.18. The molecule has 0 fully saturated rings. The molecule has 0 spiro atoms. The van der Waals surface area contributed by atoms with Gasteiger partial charge >= 0.3 is 5.97 Å². The minimum Gasteiger partial charge on any atom is -0.461 e. The second-order valence-corrected chi connectivity index (χ2v) is 3.99. The fourth-order valence-corrected chi connectivity index (χ4v) is 1.55. The van der Waals surface area contributed by atoms with Gasteiger partial charge in [-0.05, 0) is 13.2 Å². The zero-order chi connectivity index (χ0) is 13.0. The summed E-state index contributed by atoms with van der Waals surface area (Å²) in [6.07, 6.45) is 6.34. The minimum atomic E-state index is -0.505. The molecule has 2 heterocycles. The van der Waals surface area contributed by atoms with E-state index >= 15 is 0 Å². The molecule has 6 nitrogen and oxygen atoms in total. The first-order valence-corrected chi connectivity index (χ1v) is 6.46. The third-order valence-electron chi connectivity index (χ3n) is 2.05. The Hall–Kier alpha value is -1.89. The molecule has 0 amide bonds. The van der Waals surface area contributed by atoms with Crippen LogP contribution in [0.4, 0.5) is 0 Å². The van der Waals surface area contributed by atoms with Crippen LogP contribution in [-0.2, 0) is 4.74 Å². The summed E-state index contributed by atoms with van der Waals surface area (Å²) in [5, 5.41) is 0.663. The summed E-state index contributed by atoms with van der Waals surface area (Å²) >= 11 is 1.44. The molecule has 0 bridgehead atoms. The van der Waals surface area contributed by atoms with Gasteiger partial charge in [0.2, 0.25) is 5.89 Å². The largest absolute Gasteiger partial charge is 0.461 e. The topological polar surface area (TPSA) is 78.1 Å². The summed E-state index contributed by atoms with van der Waals surface area (Å²) in [6.45, 7) is 2.03. The molecule has 0 saturated carbocycles. The number of carbonyl (C=O) groups is 1. The van der Waals surface area contributed by atoms with Crippen molar-refractivity contribution < 1.29 is 13.9 Å². The fourth-order valence-electron chi connectivity index (χ4n) is 1.24. The highest BCUT2D eigenvalue weighted by Gasteiger charge is 2.14. The van der Waals surface area contributed by atoms with Crippen molar-refractivity contribution in [3.8, 4) is 11.5 Å². The van der Waals surface area contributed by atoms with Crippen LogP contribution in [0.5, 0.6) is 0 Å². The van der Waals surface area contributed by atoms with Crippen molar-refractivity contribution in [3.63, 3.8) is 0 Å². The number of ether oxygens (including phenoxy) is 1. The number of hydrogen-bond donors (Lipinski definition) is 0. The number of oxazole rings is 1. The molecular weight excluding hydrogens is 254 g/mol. The second kappa shape index (κ2) is 5.63. The maximum Gasteiger partial charge on any atom is 0.360 e. The lowest BCUT2D eigenvalue weighted by molar-refractivity contribution is 0.0519. The maximum absolute atomic E-state index is 11.4. The average molecular weight is 265 g/mol. The summed E-state index contributed by atoms with van der Waals surface area (Å²) in [5.41, 5.74) is 0.754. The van der Waals surface area contributed by atoms with E-state index in [0.717, 1.165) is 0 Å². The summed E-state index contributed by atoms with van der Waals surface area (Å²) in [4.78, 5) is 23.6. The van der Waals surface area contributed by atoms with Gasteiger partial charge in [0.15, 0.2) is 10.9 Å². The van der Waals surface area contributed by atoms with Crippen LogP contribution in [0.3, 0.4) is 0 Å². The van der Waals surface area contributed by atoms with Crippen LogP contribution in [-0.4, -0.2) is 33.8 Å². The number of aromatic nitrogens is 3. The first-order valence-electron chi connectivity index (χ1n) is 5.23. The fraction of sp³-hybridized carbons (Fsp3) is 0.273. The maximum atomic E-state index is 11.4. The molecular formula is C11H11N3O3S. The van der Waals surface area contributed by atoms with Gasteiger partial charge in [0.25, 0.3) is 0 Å². The van der Waals surface area contributed by atoms with Gasteiger partial charge in [0.1, 0.15) is 6.26 Å². The molecule has 2 aromatic heterocycles. The number of esters is 1. The van der Waals surface area contributed by atoms with Gasteiger partial charge in [-0.3, -0.25) is 0 Å². The van der Waals surface area contributed by atoms with E-state index in [-0.39, 0.29) is 5.69 Å². The van der Waals surface area contributed by atoms with Gasteiger partial charge in [-0.25, -0.2) is 19.7 Å². The average Bonchev–Trinajstić information content (AvgIpc) is 2.89. The van der Waals surface area contributed by atoms with Gasteiger partial charge < -0.3 is 9.15 Å². The Kier molecular flexibility index (Phi) is 3.93. The molecule has 18 heavy (non-hydrogen) atoms. The van der Waals surface area contributed by atoms with Crippen LogP contribution in [0.2, 0.25) is 0 Å². The van der Waals surface area contributed by atoms with E-state index in [1.807, 2.05) is 6.26 Å². The number of rotatable bonds is 4. The predicted octanol–water partition coefficient (Wildman–Crippen LogP) is 2.03. The molecule has 0 aliphatic rings. The number of hydrogen-bond acceptors (Lipinski definition) is 7. The van der Waals surface area contributed by atoms with E-state index in [0.29, 0.717) is 23.2 Å². The van der Waals surface area contributed by atoms with Gasteiger partial charge in [0.05, 0.1) is 12.2 Å². The molecule has 2 rings (SSSR count). The summed E-state index contributed by atoms with van der Waals surface area (Å²) in [6, 6.07) is 0. The van der Waals surface area contributed by atoms with E-state index in [4.69, 9.17) is 9.15 Å². The smallest absolute Gasteiger partial charge is 0.360 e. The normalized spacial score (nSPS) is 10.3. The van der Waals surface area contributed by atoms with Crippen LogP contribution < -0.4 is 0 Å². The third kappa shape index (κ3) is 2.67. The van der Waals surface area contributed by atoms with E-state index < -0.39 is 5.97 Å². The van der Waals surface area contributed by atoms with Crippen LogP contribution in [0, 0.1) is 0 Å². The molecule has 0 N–H and O–H groups in total. The van der Waals surface area contributed by atoms with Crippen molar-refractivity contribution in [1.82, 2.24) is 15.0 Å². The quantitative estimate of drug-likeness (QED) is 0.475. The van der Waals surface area contributed by atoms with Crippen molar-refractivity contribution in [2.75, 3.05) is 12.9 Å². The van der Waals surface area contributed by atoms with Crippen LogP contribution in [0.25, 0.3) is 11.5 Å².